The molecule has 45 heavy (non-hydrogen) atoms. The van der Waals surface area contributed by atoms with Crippen LogP contribution in [0, 0.1) is 0 Å². The highest BCUT2D eigenvalue weighted by atomic mass is 32.3. The number of fused-ring (bicyclic) bond motifs is 2. The number of carbonyl (C=O) groups excluding carboxylic acids is 1. The Morgan fingerprint density at radius 2 is 1.56 bits per heavy atom. The molecule has 0 aromatic rings. The normalized spacial score (nSPS) is 24.0. The molecule has 0 spiro atoms. The van der Waals surface area contributed by atoms with Crippen LogP contribution in [0.1, 0.15) is 135 Å². The van der Waals surface area contributed by atoms with E-state index in [-0.39, 0.29) is 31.4 Å². The summed E-state index contributed by atoms with van der Waals surface area (Å²) in [5.74, 6) is -0.803. The maximum atomic E-state index is 11.4. The number of unbranched alkanes of at least 4 members (excludes halogenated alkanes) is 14. The lowest BCUT2D eigenvalue weighted by Gasteiger charge is -2.33. The molecule has 0 saturated carbocycles. The molecule has 12 heteroatoms. The van der Waals surface area contributed by atoms with Crippen LogP contribution in [-0.4, -0.2) is 80.6 Å². The molecule has 0 amide bonds. The third-order valence-electron chi connectivity index (χ3n) is 8.54. The highest BCUT2D eigenvalue weighted by molar-refractivity contribution is 7.80. The van der Waals surface area contributed by atoms with Crippen LogP contribution in [0.15, 0.2) is 12.2 Å². The predicted octanol–water partition coefficient (Wildman–Crippen LogP) is 5.93. The van der Waals surface area contributed by atoms with Gasteiger partial charge in [-0.25, -0.2) is 8.98 Å². The minimum absolute atomic E-state index is 0.0503. The molecule has 2 bridgehead atoms. The molecule has 2 unspecified atom stereocenters. The smallest absolute Gasteiger partial charge is 0.397 e. The van der Waals surface area contributed by atoms with Crippen molar-refractivity contribution in [3.8, 4) is 0 Å². The first-order valence-corrected chi connectivity index (χ1v) is 18.8. The van der Waals surface area contributed by atoms with Gasteiger partial charge >= 0.3 is 16.4 Å². The highest BCUT2D eigenvalue weighted by Gasteiger charge is 2.52. The van der Waals surface area contributed by atoms with Gasteiger partial charge in [-0.3, -0.25) is 4.55 Å². The fourth-order valence-electron chi connectivity index (χ4n) is 6.11. The number of aliphatic hydroxyl groups is 1. The van der Waals surface area contributed by atoms with Crippen molar-refractivity contribution in [2.75, 3.05) is 26.4 Å². The van der Waals surface area contributed by atoms with Crippen molar-refractivity contribution >= 4 is 16.4 Å². The van der Waals surface area contributed by atoms with Crippen molar-refractivity contribution in [1.82, 2.24) is 0 Å². The zero-order chi connectivity index (χ0) is 32.8. The number of nitrogens with two attached hydrogens (primary N) is 1. The number of carbonyl (C=O) groups is 1. The Bertz CT molecular complexity index is 917. The molecule has 2 fully saturated rings. The lowest BCUT2D eigenvalue weighted by Crippen LogP contribution is -2.41. The number of ether oxygens (including phenoxy) is 4. The minimum Gasteiger partial charge on any atom is -0.463 e. The molecule has 2 aliphatic heterocycles. The van der Waals surface area contributed by atoms with Gasteiger partial charge in [-0.2, -0.15) is 8.42 Å². The summed E-state index contributed by atoms with van der Waals surface area (Å²) in [5, 5.41) is 10.5. The molecule has 2 heterocycles. The van der Waals surface area contributed by atoms with E-state index in [0.717, 1.165) is 64.2 Å². The maximum absolute atomic E-state index is 11.4. The van der Waals surface area contributed by atoms with E-state index in [0.29, 0.717) is 13.2 Å². The van der Waals surface area contributed by atoms with Gasteiger partial charge in [0.1, 0.15) is 6.10 Å². The summed E-state index contributed by atoms with van der Waals surface area (Å²) >= 11 is 0. The van der Waals surface area contributed by atoms with E-state index < -0.39 is 28.3 Å². The van der Waals surface area contributed by atoms with Crippen LogP contribution < -0.4 is 5.73 Å². The highest BCUT2D eigenvalue weighted by Crippen LogP contribution is 2.44. The molecule has 5 atom stereocenters. The summed E-state index contributed by atoms with van der Waals surface area (Å²) in [6.07, 6.45) is 24.4. The fraction of sp³-hybridized carbons (Fsp3) is 0.909. The molecule has 2 rings (SSSR count). The number of aliphatic hydroxyl groups excluding tert-OH is 1. The summed E-state index contributed by atoms with van der Waals surface area (Å²) in [4.78, 5) is 11.4. The van der Waals surface area contributed by atoms with Crippen molar-refractivity contribution in [1.29, 1.82) is 0 Å². The Morgan fingerprint density at radius 1 is 0.933 bits per heavy atom. The molecule has 264 valence electrons. The van der Waals surface area contributed by atoms with Crippen LogP contribution >= 0.6 is 0 Å². The van der Waals surface area contributed by atoms with E-state index in [1.165, 1.54) is 70.3 Å². The fourth-order valence-corrected chi connectivity index (χ4v) is 6.46. The lowest BCUT2D eigenvalue weighted by molar-refractivity contribution is -0.214. The van der Waals surface area contributed by atoms with Crippen LogP contribution in [0.25, 0.3) is 0 Å². The second kappa shape index (κ2) is 23.2. The topological polar surface area (TPSA) is 164 Å². The third kappa shape index (κ3) is 18.7. The zero-order valence-electron chi connectivity index (χ0n) is 27.6. The van der Waals surface area contributed by atoms with Gasteiger partial charge in [0, 0.05) is 25.5 Å². The second-order valence-electron chi connectivity index (χ2n) is 12.6. The molecule has 2 saturated heterocycles. The van der Waals surface area contributed by atoms with Gasteiger partial charge in [-0.05, 0) is 45.4 Å². The zero-order valence-corrected chi connectivity index (χ0v) is 28.4. The van der Waals surface area contributed by atoms with E-state index in [4.69, 9.17) is 29.2 Å². The Balaban J connectivity index is 1.39. The first-order chi connectivity index (χ1) is 21.6. The Morgan fingerprint density at radius 3 is 2.18 bits per heavy atom. The van der Waals surface area contributed by atoms with Crippen molar-refractivity contribution in [3.63, 3.8) is 0 Å². The van der Waals surface area contributed by atoms with Gasteiger partial charge in [-0.1, -0.05) is 83.1 Å². The average Bonchev–Trinajstić information content (AvgIpc) is 3.30. The number of allylic oxidation sites excluding steroid dienone is 1. The lowest BCUT2D eigenvalue weighted by atomic mass is 9.94. The molecule has 4 N–H and O–H groups in total. The van der Waals surface area contributed by atoms with Crippen molar-refractivity contribution in [2.24, 2.45) is 5.73 Å². The summed E-state index contributed by atoms with van der Waals surface area (Å²) in [6, 6.07) is -0.584. The van der Waals surface area contributed by atoms with E-state index >= 15 is 0 Å². The van der Waals surface area contributed by atoms with Crippen molar-refractivity contribution in [3.05, 3.63) is 12.2 Å². The molecule has 2 aliphatic rings. The first-order valence-electron chi connectivity index (χ1n) is 17.5. The Hall–Kier alpha value is -1.12. The van der Waals surface area contributed by atoms with Gasteiger partial charge in [0.05, 0.1) is 38.1 Å². The first kappa shape index (κ1) is 40.1. The Kier molecular flexibility index (Phi) is 20.7. The van der Waals surface area contributed by atoms with Gasteiger partial charge in [0.15, 0.2) is 5.79 Å². The number of esters is 1. The second-order valence-corrected chi connectivity index (χ2v) is 13.7. The molecular weight excluding hydrogens is 602 g/mol. The molecule has 0 aromatic heterocycles. The van der Waals surface area contributed by atoms with Gasteiger partial charge < -0.3 is 29.8 Å². The number of hydrogen-bond donors (Lipinski definition) is 3. The van der Waals surface area contributed by atoms with E-state index in [1.54, 1.807) is 6.92 Å². The SMILES string of the molecule is CCOC(=O)/C=C/CCCC[C@H]1OC2(CCCCCCCCCCCCCCCOC[C@H](N)COS(=O)(=O)O)CC[C@H](O)C1O2. The van der Waals surface area contributed by atoms with Gasteiger partial charge in [0.2, 0.25) is 0 Å². The van der Waals surface area contributed by atoms with Gasteiger partial charge in [-0.15, -0.1) is 0 Å². The summed E-state index contributed by atoms with van der Waals surface area (Å²) in [5.41, 5.74) is 5.67. The summed E-state index contributed by atoms with van der Waals surface area (Å²) in [7, 11) is -4.45. The largest absolute Gasteiger partial charge is 0.463 e. The number of rotatable bonds is 28. The Labute approximate surface area is 271 Å². The minimum atomic E-state index is -4.45. The van der Waals surface area contributed by atoms with E-state index in [2.05, 4.69) is 4.18 Å². The number of hydrogen-bond acceptors (Lipinski definition) is 10. The molecule has 0 radical (unpaired) electrons. The van der Waals surface area contributed by atoms with Crippen molar-refractivity contribution in [2.45, 2.75) is 165 Å². The van der Waals surface area contributed by atoms with Crippen LogP contribution in [0.2, 0.25) is 0 Å². The average molecular weight is 664 g/mol. The predicted molar refractivity (Wildman–Crippen MR) is 173 cm³/mol. The maximum Gasteiger partial charge on any atom is 0.397 e. The molecule has 11 nitrogen and oxygen atoms in total. The molecular formula is C33H61NO10S. The third-order valence-corrected chi connectivity index (χ3v) is 8.98. The quantitative estimate of drug-likeness (QED) is 0.0394. The van der Waals surface area contributed by atoms with Crippen molar-refractivity contribution < 1.29 is 46.0 Å². The van der Waals surface area contributed by atoms with Crippen LogP contribution in [0.4, 0.5) is 0 Å². The van der Waals surface area contributed by atoms with Crippen LogP contribution in [0.5, 0.6) is 0 Å². The van der Waals surface area contributed by atoms with Crippen LogP contribution in [-0.2, 0) is 38.3 Å². The monoisotopic (exact) mass is 663 g/mol. The summed E-state index contributed by atoms with van der Waals surface area (Å²) < 4.78 is 56.9. The van der Waals surface area contributed by atoms with E-state index in [9.17, 15) is 18.3 Å². The van der Waals surface area contributed by atoms with E-state index in [1.807, 2.05) is 6.08 Å². The molecule has 0 aliphatic carbocycles. The molecule has 0 aromatic carbocycles. The standard InChI is InChI=1S/C33H61NO10S/c1-2-41-31(36)21-17-13-12-16-20-30-32-29(35)22-24-33(43-30,44-32)23-18-14-10-8-6-4-3-5-7-9-11-15-19-25-40-26-28(34)27-42-45(37,38)39/h17,21,28-30,32,35H,2-16,18-20,22-27,34H2,1H3,(H,37,38,39)/b21-17+/t28-,29-,30+,32?,33?/m0/s1. The summed E-state index contributed by atoms with van der Waals surface area (Å²) in [6.45, 7) is 2.69. The van der Waals surface area contributed by atoms with Gasteiger partial charge in [0.25, 0.3) is 0 Å². The van der Waals surface area contributed by atoms with Crippen LogP contribution in [0.3, 0.4) is 0 Å².